The van der Waals surface area contributed by atoms with Crippen LogP contribution in [0.25, 0.3) is 0 Å². The first-order valence-electron chi connectivity index (χ1n) is 6.54. The van der Waals surface area contributed by atoms with E-state index in [1.54, 1.807) is 12.1 Å². The van der Waals surface area contributed by atoms with Crippen LogP contribution in [0.5, 0.6) is 0 Å². The van der Waals surface area contributed by atoms with Gasteiger partial charge >= 0.3 is 0 Å². The molecule has 0 radical (unpaired) electrons. The summed E-state index contributed by atoms with van der Waals surface area (Å²) in [6, 6.07) is 4.60. The van der Waals surface area contributed by atoms with Gasteiger partial charge in [0.2, 0.25) is 5.91 Å². The second-order valence-electron chi connectivity index (χ2n) is 4.91. The number of likely N-dealkylation sites (tertiary alicyclic amines) is 1. The summed E-state index contributed by atoms with van der Waals surface area (Å²) < 4.78 is 13.7. The molecule has 2 atom stereocenters. The molecule has 1 fully saturated rings. The van der Waals surface area contributed by atoms with Gasteiger partial charge in [-0.05, 0) is 46.5 Å². The summed E-state index contributed by atoms with van der Waals surface area (Å²) in [6.45, 7) is 2.72. The Labute approximate surface area is 121 Å². The van der Waals surface area contributed by atoms with Gasteiger partial charge in [0.05, 0.1) is 10.5 Å². The zero-order valence-corrected chi connectivity index (χ0v) is 12.5. The molecule has 1 aliphatic rings. The Balaban J connectivity index is 2.36. The predicted octanol–water partition coefficient (Wildman–Crippen LogP) is 2.99. The number of amides is 1. The smallest absolute Gasteiger partial charge is 0.223 e. The van der Waals surface area contributed by atoms with Crippen molar-refractivity contribution >= 4 is 21.8 Å². The normalized spacial score (nSPS) is 23.8. The third kappa shape index (κ3) is 2.98. The van der Waals surface area contributed by atoms with Crippen LogP contribution in [0.15, 0.2) is 22.7 Å². The molecule has 1 saturated heterocycles. The van der Waals surface area contributed by atoms with E-state index in [1.807, 2.05) is 11.8 Å². The monoisotopic (exact) mass is 328 g/mol. The summed E-state index contributed by atoms with van der Waals surface area (Å²) in [5, 5.41) is 0. The third-order valence-electron chi connectivity index (χ3n) is 3.50. The molecular formula is C14H18BrFN2O. The molecule has 3 nitrogen and oxygen atoms in total. The standard InChI is InChI=1S/C14H18BrFN2O/c1-2-7-18-13(19)6-5-12(17)14(18)9-3-4-11(16)10(15)8-9/h3-4,8,12,14H,2,5-7,17H2,1H3. The number of nitrogens with two attached hydrogens (primary N) is 1. The van der Waals surface area contributed by atoms with Crippen LogP contribution in [0.2, 0.25) is 0 Å². The lowest BCUT2D eigenvalue weighted by Crippen LogP contribution is -2.49. The minimum Gasteiger partial charge on any atom is -0.334 e. The molecule has 0 saturated carbocycles. The summed E-state index contributed by atoms with van der Waals surface area (Å²) in [5.74, 6) is -0.171. The van der Waals surface area contributed by atoms with Crippen LogP contribution in [-0.2, 0) is 4.79 Å². The topological polar surface area (TPSA) is 46.3 Å². The van der Waals surface area contributed by atoms with E-state index >= 15 is 0 Å². The van der Waals surface area contributed by atoms with E-state index < -0.39 is 0 Å². The van der Waals surface area contributed by atoms with Crippen molar-refractivity contribution in [3.63, 3.8) is 0 Å². The van der Waals surface area contributed by atoms with Gasteiger partial charge in [-0.2, -0.15) is 0 Å². The molecule has 0 aromatic heterocycles. The van der Waals surface area contributed by atoms with Gasteiger partial charge in [0, 0.05) is 19.0 Å². The second-order valence-corrected chi connectivity index (χ2v) is 5.76. The Morgan fingerprint density at radius 2 is 2.26 bits per heavy atom. The number of carbonyl (C=O) groups is 1. The molecule has 5 heteroatoms. The summed E-state index contributed by atoms with van der Waals surface area (Å²) in [7, 11) is 0. The van der Waals surface area contributed by atoms with Gasteiger partial charge in [-0.25, -0.2) is 4.39 Å². The molecule has 2 N–H and O–H groups in total. The first kappa shape index (κ1) is 14.5. The minimum atomic E-state index is -0.304. The van der Waals surface area contributed by atoms with Gasteiger partial charge < -0.3 is 10.6 Å². The summed E-state index contributed by atoms with van der Waals surface area (Å²) in [4.78, 5) is 13.9. The van der Waals surface area contributed by atoms with Crippen molar-refractivity contribution in [3.05, 3.63) is 34.1 Å². The Morgan fingerprint density at radius 3 is 2.89 bits per heavy atom. The van der Waals surface area contributed by atoms with E-state index in [9.17, 15) is 9.18 Å². The number of benzene rings is 1. The molecular weight excluding hydrogens is 311 g/mol. The number of hydrogen-bond donors (Lipinski definition) is 1. The molecule has 1 aromatic rings. The molecule has 1 aromatic carbocycles. The summed E-state index contributed by atoms with van der Waals surface area (Å²) >= 11 is 3.19. The molecule has 1 amide bonds. The Bertz CT molecular complexity index is 481. The number of rotatable bonds is 3. The van der Waals surface area contributed by atoms with Crippen molar-refractivity contribution in [2.24, 2.45) is 5.73 Å². The number of carbonyl (C=O) groups excluding carboxylic acids is 1. The number of piperidine rings is 1. The maximum Gasteiger partial charge on any atom is 0.223 e. The van der Waals surface area contributed by atoms with Crippen molar-refractivity contribution in [2.75, 3.05) is 6.54 Å². The van der Waals surface area contributed by atoms with Gasteiger partial charge in [-0.1, -0.05) is 13.0 Å². The van der Waals surface area contributed by atoms with Gasteiger partial charge in [0.25, 0.3) is 0 Å². The quantitative estimate of drug-likeness (QED) is 0.927. The SMILES string of the molecule is CCCN1C(=O)CCC(N)C1c1ccc(F)c(Br)c1. The highest BCUT2D eigenvalue weighted by Crippen LogP contribution is 2.32. The van der Waals surface area contributed by atoms with Crippen molar-refractivity contribution in [1.82, 2.24) is 4.90 Å². The van der Waals surface area contributed by atoms with E-state index in [4.69, 9.17) is 5.73 Å². The van der Waals surface area contributed by atoms with E-state index in [0.717, 1.165) is 12.0 Å². The van der Waals surface area contributed by atoms with Gasteiger partial charge in [-0.3, -0.25) is 4.79 Å². The molecule has 19 heavy (non-hydrogen) atoms. The molecule has 2 rings (SSSR count). The fourth-order valence-electron chi connectivity index (χ4n) is 2.61. The molecule has 2 unspecified atom stereocenters. The molecule has 1 aliphatic heterocycles. The zero-order chi connectivity index (χ0) is 14.0. The summed E-state index contributed by atoms with van der Waals surface area (Å²) in [5.41, 5.74) is 7.07. The van der Waals surface area contributed by atoms with Crippen molar-refractivity contribution in [2.45, 2.75) is 38.3 Å². The largest absolute Gasteiger partial charge is 0.334 e. The first-order valence-corrected chi connectivity index (χ1v) is 7.34. The lowest BCUT2D eigenvalue weighted by molar-refractivity contribution is -0.137. The van der Waals surface area contributed by atoms with Crippen molar-refractivity contribution in [3.8, 4) is 0 Å². The predicted molar refractivity (Wildman–Crippen MR) is 76.1 cm³/mol. The molecule has 0 aliphatic carbocycles. The van der Waals surface area contributed by atoms with E-state index in [1.165, 1.54) is 6.07 Å². The van der Waals surface area contributed by atoms with Crippen LogP contribution >= 0.6 is 15.9 Å². The Morgan fingerprint density at radius 1 is 1.53 bits per heavy atom. The van der Waals surface area contributed by atoms with Crippen LogP contribution in [0, 0.1) is 5.82 Å². The highest BCUT2D eigenvalue weighted by atomic mass is 79.9. The Hall–Kier alpha value is -0.940. The van der Waals surface area contributed by atoms with Gasteiger partial charge in [0.15, 0.2) is 0 Å². The van der Waals surface area contributed by atoms with E-state index in [0.29, 0.717) is 23.9 Å². The minimum absolute atomic E-state index is 0.0957. The molecule has 0 spiro atoms. The van der Waals surface area contributed by atoms with Crippen LogP contribution in [0.3, 0.4) is 0 Å². The zero-order valence-electron chi connectivity index (χ0n) is 10.9. The van der Waals surface area contributed by atoms with E-state index in [-0.39, 0.29) is 23.8 Å². The van der Waals surface area contributed by atoms with Crippen LogP contribution < -0.4 is 5.73 Å². The first-order chi connectivity index (χ1) is 9.04. The maximum absolute atomic E-state index is 13.3. The lowest BCUT2D eigenvalue weighted by Gasteiger charge is -2.40. The Kier molecular flexibility index (Phi) is 4.58. The van der Waals surface area contributed by atoms with Crippen LogP contribution in [0.1, 0.15) is 37.8 Å². The average molecular weight is 329 g/mol. The lowest BCUT2D eigenvalue weighted by atomic mass is 9.90. The fourth-order valence-corrected chi connectivity index (χ4v) is 3.00. The van der Waals surface area contributed by atoms with Gasteiger partial charge in [-0.15, -0.1) is 0 Å². The summed E-state index contributed by atoms with van der Waals surface area (Å²) in [6.07, 6.45) is 2.07. The highest BCUT2D eigenvalue weighted by Gasteiger charge is 2.34. The average Bonchev–Trinajstić information content (AvgIpc) is 2.38. The fraction of sp³-hybridized carbons (Fsp3) is 0.500. The maximum atomic E-state index is 13.3. The van der Waals surface area contributed by atoms with E-state index in [2.05, 4.69) is 15.9 Å². The van der Waals surface area contributed by atoms with Crippen LogP contribution in [-0.4, -0.2) is 23.4 Å². The second kappa shape index (κ2) is 6.01. The molecule has 0 bridgehead atoms. The van der Waals surface area contributed by atoms with Crippen molar-refractivity contribution < 1.29 is 9.18 Å². The van der Waals surface area contributed by atoms with Crippen LogP contribution in [0.4, 0.5) is 4.39 Å². The highest BCUT2D eigenvalue weighted by molar-refractivity contribution is 9.10. The third-order valence-corrected chi connectivity index (χ3v) is 4.11. The van der Waals surface area contributed by atoms with Gasteiger partial charge in [0.1, 0.15) is 5.82 Å². The molecule has 104 valence electrons. The molecule has 1 heterocycles. The number of hydrogen-bond acceptors (Lipinski definition) is 2. The van der Waals surface area contributed by atoms with Crippen molar-refractivity contribution in [1.29, 1.82) is 0 Å². The number of halogens is 2. The number of nitrogens with zero attached hydrogens (tertiary/aromatic N) is 1.